The minimum atomic E-state index is -0.0784. The maximum absolute atomic E-state index is 12.1. The molecule has 0 saturated carbocycles. The third-order valence-electron chi connectivity index (χ3n) is 3.53. The number of rotatable bonds is 4. The average molecular weight is 378 g/mol. The lowest BCUT2D eigenvalue weighted by Gasteiger charge is -2.06. The van der Waals surface area contributed by atoms with Crippen LogP contribution < -0.4 is 5.32 Å². The third-order valence-corrected chi connectivity index (χ3v) is 4.45. The number of benzene rings is 2. The van der Waals surface area contributed by atoms with Crippen molar-refractivity contribution < 1.29 is 4.79 Å². The Morgan fingerprint density at radius 3 is 2.86 bits per heavy atom. The molecule has 0 spiro atoms. The second kappa shape index (κ2) is 6.55. The fourth-order valence-corrected chi connectivity index (χ4v) is 3.05. The summed E-state index contributed by atoms with van der Waals surface area (Å²) in [7, 11) is 0. The Morgan fingerprint density at radius 2 is 2.05 bits per heavy atom. The minimum Gasteiger partial charge on any atom is -0.361 e. The first kappa shape index (κ1) is 15.1. The molecule has 0 bridgehead atoms. The first-order valence-corrected chi connectivity index (χ1v) is 8.10. The molecular formula is C17H14BrClN2O. The molecule has 112 valence electrons. The van der Waals surface area contributed by atoms with E-state index in [1.54, 1.807) is 6.07 Å². The summed E-state index contributed by atoms with van der Waals surface area (Å²) in [5.41, 5.74) is 2.84. The van der Waals surface area contributed by atoms with Gasteiger partial charge in [-0.2, -0.15) is 0 Å². The van der Waals surface area contributed by atoms with Gasteiger partial charge in [0, 0.05) is 33.1 Å². The highest BCUT2D eigenvalue weighted by Gasteiger charge is 2.09. The van der Waals surface area contributed by atoms with Gasteiger partial charge in [0.2, 0.25) is 0 Å². The van der Waals surface area contributed by atoms with Gasteiger partial charge < -0.3 is 10.3 Å². The van der Waals surface area contributed by atoms with Crippen LogP contribution in [0.15, 0.2) is 53.1 Å². The maximum atomic E-state index is 12.1. The van der Waals surface area contributed by atoms with Crippen LogP contribution in [-0.4, -0.2) is 17.4 Å². The Morgan fingerprint density at radius 1 is 1.23 bits per heavy atom. The first-order chi connectivity index (χ1) is 10.6. The zero-order chi connectivity index (χ0) is 15.5. The highest BCUT2D eigenvalue weighted by atomic mass is 79.9. The molecular weight excluding hydrogens is 364 g/mol. The number of hydrogen-bond acceptors (Lipinski definition) is 1. The summed E-state index contributed by atoms with van der Waals surface area (Å²) in [4.78, 5) is 15.4. The number of H-pyrrole nitrogens is 1. The molecule has 3 rings (SSSR count). The monoisotopic (exact) mass is 376 g/mol. The molecule has 0 aliphatic heterocycles. The third kappa shape index (κ3) is 3.18. The molecule has 0 radical (unpaired) electrons. The van der Waals surface area contributed by atoms with Gasteiger partial charge in [0.1, 0.15) is 0 Å². The van der Waals surface area contributed by atoms with Crippen LogP contribution in [0, 0.1) is 0 Å². The number of aromatic nitrogens is 1. The molecule has 3 aromatic rings. The number of carbonyl (C=O) groups excluding carboxylic acids is 1. The van der Waals surface area contributed by atoms with Crippen molar-refractivity contribution >= 4 is 44.3 Å². The summed E-state index contributed by atoms with van der Waals surface area (Å²) in [5.74, 6) is -0.0784. The lowest BCUT2D eigenvalue weighted by molar-refractivity contribution is 0.0953. The molecule has 5 heteroatoms. The van der Waals surface area contributed by atoms with E-state index >= 15 is 0 Å². The van der Waals surface area contributed by atoms with Crippen molar-refractivity contribution in [1.82, 2.24) is 10.3 Å². The van der Waals surface area contributed by atoms with Crippen LogP contribution in [0.4, 0.5) is 0 Å². The van der Waals surface area contributed by atoms with Crippen molar-refractivity contribution in [3.05, 3.63) is 69.3 Å². The van der Waals surface area contributed by atoms with Crippen molar-refractivity contribution in [3.8, 4) is 0 Å². The lowest BCUT2D eigenvalue weighted by Crippen LogP contribution is -2.25. The highest BCUT2D eigenvalue weighted by molar-refractivity contribution is 9.10. The van der Waals surface area contributed by atoms with Crippen molar-refractivity contribution in [2.45, 2.75) is 6.42 Å². The summed E-state index contributed by atoms with van der Waals surface area (Å²) in [6.45, 7) is 0.569. The van der Waals surface area contributed by atoms with Crippen LogP contribution in [0.5, 0.6) is 0 Å². The second-order valence-electron chi connectivity index (χ2n) is 4.99. The quantitative estimate of drug-likeness (QED) is 0.688. The van der Waals surface area contributed by atoms with Crippen LogP contribution >= 0.6 is 27.5 Å². The molecule has 0 aliphatic carbocycles. The first-order valence-electron chi connectivity index (χ1n) is 6.93. The van der Waals surface area contributed by atoms with Gasteiger partial charge in [-0.3, -0.25) is 4.79 Å². The maximum Gasteiger partial charge on any atom is 0.252 e. The summed E-state index contributed by atoms with van der Waals surface area (Å²) >= 11 is 9.43. The molecule has 0 saturated heterocycles. The van der Waals surface area contributed by atoms with E-state index in [2.05, 4.69) is 26.2 Å². The smallest absolute Gasteiger partial charge is 0.252 e. The zero-order valence-corrected chi connectivity index (χ0v) is 14.0. The highest BCUT2D eigenvalue weighted by Crippen LogP contribution is 2.22. The van der Waals surface area contributed by atoms with Crippen LogP contribution in [0.1, 0.15) is 15.9 Å². The number of nitrogens with one attached hydrogen (secondary N) is 2. The van der Waals surface area contributed by atoms with Crippen LogP contribution in [0.25, 0.3) is 10.9 Å². The second-order valence-corrected chi connectivity index (χ2v) is 6.28. The molecule has 3 nitrogen and oxygen atoms in total. The molecule has 0 atom stereocenters. The predicted octanol–water partition coefficient (Wildman–Crippen LogP) is 4.56. The van der Waals surface area contributed by atoms with Crippen molar-refractivity contribution in [3.63, 3.8) is 0 Å². The molecule has 2 N–H and O–H groups in total. The predicted molar refractivity (Wildman–Crippen MR) is 93.5 cm³/mol. The van der Waals surface area contributed by atoms with Gasteiger partial charge in [-0.05, 0) is 58.2 Å². The number of aromatic amines is 1. The number of hydrogen-bond donors (Lipinski definition) is 2. The zero-order valence-electron chi connectivity index (χ0n) is 11.7. The molecule has 1 aromatic heterocycles. The number of fused-ring (bicyclic) bond motifs is 1. The van der Waals surface area contributed by atoms with E-state index in [-0.39, 0.29) is 5.91 Å². The SMILES string of the molecule is O=C(NCCc1c[nH]c2ccc(Cl)cc12)c1ccccc1Br. The Bertz CT molecular complexity index is 828. The topological polar surface area (TPSA) is 44.9 Å². The van der Waals surface area contributed by atoms with Crippen LogP contribution in [-0.2, 0) is 6.42 Å². The standard InChI is InChI=1S/C17H14BrClN2O/c18-15-4-2-1-3-13(15)17(22)20-8-7-11-10-21-16-6-5-12(19)9-14(11)16/h1-6,9-10,21H,7-8H2,(H,20,22). The van der Waals surface area contributed by atoms with Crippen molar-refractivity contribution in [1.29, 1.82) is 0 Å². The number of halogens is 2. The van der Waals surface area contributed by atoms with Gasteiger partial charge in [-0.25, -0.2) is 0 Å². The average Bonchev–Trinajstić information content (AvgIpc) is 2.90. The summed E-state index contributed by atoms with van der Waals surface area (Å²) in [6.07, 6.45) is 2.71. The van der Waals surface area contributed by atoms with E-state index in [0.29, 0.717) is 17.1 Å². The van der Waals surface area contributed by atoms with E-state index in [9.17, 15) is 4.79 Å². The summed E-state index contributed by atoms with van der Waals surface area (Å²) < 4.78 is 0.798. The van der Waals surface area contributed by atoms with Crippen LogP contribution in [0.3, 0.4) is 0 Å². The number of amides is 1. The van der Waals surface area contributed by atoms with Gasteiger partial charge in [-0.1, -0.05) is 23.7 Å². The van der Waals surface area contributed by atoms with Crippen molar-refractivity contribution in [2.24, 2.45) is 0 Å². The van der Waals surface area contributed by atoms with Crippen molar-refractivity contribution in [2.75, 3.05) is 6.54 Å². The number of carbonyl (C=O) groups is 1. The molecule has 22 heavy (non-hydrogen) atoms. The van der Waals surface area contributed by atoms with Gasteiger partial charge in [-0.15, -0.1) is 0 Å². The summed E-state index contributed by atoms with van der Waals surface area (Å²) in [5, 5.41) is 4.75. The van der Waals surface area contributed by atoms with Gasteiger partial charge in [0.25, 0.3) is 5.91 Å². The van der Waals surface area contributed by atoms with E-state index in [0.717, 1.165) is 27.4 Å². The van der Waals surface area contributed by atoms with E-state index in [1.165, 1.54) is 0 Å². The molecule has 1 amide bonds. The lowest BCUT2D eigenvalue weighted by atomic mass is 10.1. The Labute approximate surface area is 141 Å². The Kier molecular flexibility index (Phi) is 4.50. The Hall–Kier alpha value is -1.78. The van der Waals surface area contributed by atoms with Gasteiger partial charge in [0.15, 0.2) is 0 Å². The minimum absolute atomic E-state index is 0.0784. The Balaban J connectivity index is 1.66. The van der Waals surface area contributed by atoms with E-state index in [4.69, 9.17) is 11.6 Å². The fraction of sp³-hybridized carbons (Fsp3) is 0.118. The molecule has 1 heterocycles. The normalized spacial score (nSPS) is 10.8. The van der Waals surface area contributed by atoms with Crippen LogP contribution in [0.2, 0.25) is 5.02 Å². The van der Waals surface area contributed by atoms with E-state index < -0.39 is 0 Å². The molecule has 2 aromatic carbocycles. The van der Waals surface area contributed by atoms with Gasteiger partial charge >= 0.3 is 0 Å². The van der Waals surface area contributed by atoms with Gasteiger partial charge in [0.05, 0.1) is 5.56 Å². The largest absolute Gasteiger partial charge is 0.361 e. The molecule has 0 fully saturated rings. The molecule has 0 unspecified atom stereocenters. The van der Waals surface area contributed by atoms with E-state index in [1.807, 2.05) is 42.6 Å². The molecule has 0 aliphatic rings. The fourth-order valence-electron chi connectivity index (χ4n) is 2.41. The summed E-state index contributed by atoms with van der Waals surface area (Å²) in [6, 6.07) is 13.2.